The van der Waals surface area contributed by atoms with Crippen LogP contribution < -0.4 is 10.1 Å². The van der Waals surface area contributed by atoms with Crippen molar-refractivity contribution in [3.63, 3.8) is 0 Å². The number of nitro groups is 1. The highest BCUT2D eigenvalue weighted by Crippen LogP contribution is 2.21. The van der Waals surface area contributed by atoms with Crippen LogP contribution in [0, 0.1) is 10.1 Å². The minimum absolute atomic E-state index is 0.0203. The van der Waals surface area contributed by atoms with Crippen LogP contribution in [0.25, 0.3) is 0 Å². The van der Waals surface area contributed by atoms with E-state index in [9.17, 15) is 14.9 Å². The van der Waals surface area contributed by atoms with Gasteiger partial charge in [0.1, 0.15) is 11.8 Å². The molecule has 0 radical (unpaired) electrons. The first kappa shape index (κ1) is 15.2. The lowest BCUT2D eigenvalue weighted by atomic mass is 10.2. The number of methoxy groups -OCH3 is 1. The van der Waals surface area contributed by atoms with Crippen LogP contribution in [-0.2, 0) is 9.53 Å². The van der Waals surface area contributed by atoms with Crippen LogP contribution in [0.15, 0.2) is 24.3 Å². The molecule has 0 heterocycles. The summed E-state index contributed by atoms with van der Waals surface area (Å²) in [7, 11) is 1.35. The molecule has 1 aromatic rings. The topological polar surface area (TPSA) is 90.7 Å². The number of ether oxygens (including phenoxy) is 2. The summed E-state index contributed by atoms with van der Waals surface area (Å²) in [5.74, 6) is 0.101. The Morgan fingerprint density at radius 2 is 2.29 bits per heavy atom. The lowest BCUT2D eigenvalue weighted by molar-refractivity contribution is -0.384. The van der Waals surface area contributed by atoms with Crippen LogP contribution in [-0.4, -0.2) is 36.7 Å². The van der Waals surface area contributed by atoms with Crippen molar-refractivity contribution < 1.29 is 19.2 Å². The zero-order valence-corrected chi connectivity index (χ0v) is 11.8. The number of carbonyl (C=O) groups excluding carboxylic acids is 1. The van der Waals surface area contributed by atoms with E-state index in [0.717, 1.165) is 12.8 Å². The van der Waals surface area contributed by atoms with Gasteiger partial charge in [-0.2, -0.15) is 0 Å². The predicted octanol–water partition coefficient (Wildman–Crippen LogP) is 1.66. The number of esters is 1. The number of hydrogen-bond acceptors (Lipinski definition) is 6. The van der Waals surface area contributed by atoms with Crippen molar-refractivity contribution in [1.29, 1.82) is 0 Å². The minimum atomic E-state index is -0.473. The molecule has 1 saturated carbocycles. The molecule has 7 nitrogen and oxygen atoms in total. The standard InChI is InChI=1S/C14H18N2O5/c1-20-14(17)13(15-10-5-6-10)7-8-21-12-4-2-3-11(9-12)16(18)19/h2-4,9-10,13,15H,5-8H2,1H3. The maximum atomic E-state index is 11.6. The van der Waals surface area contributed by atoms with Crippen molar-refractivity contribution in [3.8, 4) is 5.75 Å². The summed E-state index contributed by atoms with van der Waals surface area (Å²) in [6.45, 7) is 0.278. The van der Waals surface area contributed by atoms with Gasteiger partial charge in [0.05, 0.1) is 24.7 Å². The van der Waals surface area contributed by atoms with Crippen molar-refractivity contribution in [2.75, 3.05) is 13.7 Å². The van der Waals surface area contributed by atoms with Crippen molar-refractivity contribution in [2.24, 2.45) is 0 Å². The van der Waals surface area contributed by atoms with Crippen LogP contribution in [0.2, 0.25) is 0 Å². The van der Waals surface area contributed by atoms with Gasteiger partial charge < -0.3 is 14.8 Å². The SMILES string of the molecule is COC(=O)C(CCOc1cccc([N+](=O)[O-])c1)NC1CC1. The Bertz CT molecular complexity index is 516. The number of hydrogen-bond donors (Lipinski definition) is 1. The van der Waals surface area contributed by atoms with E-state index in [1.807, 2.05) is 0 Å². The molecule has 1 aliphatic carbocycles. The normalized spacial score (nSPS) is 15.3. The van der Waals surface area contributed by atoms with Gasteiger partial charge in [-0.3, -0.25) is 14.9 Å². The fourth-order valence-electron chi connectivity index (χ4n) is 1.93. The molecule has 0 bridgehead atoms. The van der Waals surface area contributed by atoms with E-state index in [2.05, 4.69) is 5.32 Å². The van der Waals surface area contributed by atoms with Crippen LogP contribution >= 0.6 is 0 Å². The first-order valence-corrected chi connectivity index (χ1v) is 6.81. The number of nitrogens with one attached hydrogen (secondary N) is 1. The van der Waals surface area contributed by atoms with Gasteiger partial charge >= 0.3 is 5.97 Å². The molecule has 7 heteroatoms. The van der Waals surface area contributed by atoms with Gasteiger partial charge in [0.2, 0.25) is 0 Å². The molecule has 21 heavy (non-hydrogen) atoms. The number of benzene rings is 1. The molecular formula is C14H18N2O5. The van der Waals surface area contributed by atoms with Gasteiger partial charge in [0.25, 0.3) is 5.69 Å². The van der Waals surface area contributed by atoms with Gasteiger partial charge in [-0.1, -0.05) is 6.07 Å². The smallest absolute Gasteiger partial charge is 0.322 e. The monoisotopic (exact) mass is 294 g/mol. The summed E-state index contributed by atoms with van der Waals surface area (Å²) >= 11 is 0. The third kappa shape index (κ3) is 4.71. The highest BCUT2D eigenvalue weighted by Gasteiger charge is 2.28. The van der Waals surface area contributed by atoms with E-state index in [-0.39, 0.29) is 18.3 Å². The molecule has 0 aromatic heterocycles. The van der Waals surface area contributed by atoms with Crippen LogP contribution in [0.5, 0.6) is 5.75 Å². The second-order valence-electron chi connectivity index (χ2n) is 4.91. The van der Waals surface area contributed by atoms with Gasteiger partial charge in [0.15, 0.2) is 0 Å². The Morgan fingerprint density at radius 1 is 1.52 bits per heavy atom. The Morgan fingerprint density at radius 3 is 2.90 bits per heavy atom. The third-order valence-corrected chi connectivity index (χ3v) is 3.20. The Balaban J connectivity index is 1.84. The van der Waals surface area contributed by atoms with Crippen molar-refractivity contribution in [2.45, 2.75) is 31.3 Å². The van der Waals surface area contributed by atoms with Gasteiger partial charge in [0, 0.05) is 18.5 Å². The van der Waals surface area contributed by atoms with E-state index in [0.29, 0.717) is 18.2 Å². The van der Waals surface area contributed by atoms with Crippen molar-refractivity contribution in [3.05, 3.63) is 34.4 Å². The number of nitrogens with zero attached hydrogens (tertiary/aromatic N) is 1. The molecule has 0 aliphatic heterocycles. The maximum Gasteiger partial charge on any atom is 0.322 e. The van der Waals surface area contributed by atoms with Gasteiger partial charge in [-0.25, -0.2) is 0 Å². The highest BCUT2D eigenvalue weighted by atomic mass is 16.6. The Labute approximate surface area is 122 Å². The molecule has 1 N–H and O–H groups in total. The molecule has 2 rings (SSSR count). The largest absolute Gasteiger partial charge is 0.493 e. The maximum absolute atomic E-state index is 11.6. The minimum Gasteiger partial charge on any atom is -0.493 e. The first-order chi connectivity index (χ1) is 10.1. The van der Waals surface area contributed by atoms with E-state index in [1.165, 1.54) is 19.2 Å². The lowest BCUT2D eigenvalue weighted by Crippen LogP contribution is -2.40. The summed E-state index contributed by atoms with van der Waals surface area (Å²) in [6.07, 6.45) is 2.59. The molecule has 1 aliphatic rings. The lowest BCUT2D eigenvalue weighted by Gasteiger charge is -2.16. The fourth-order valence-corrected chi connectivity index (χ4v) is 1.93. The number of non-ortho nitro benzene ring substituents is 1. The average Bonchev–Trinajstić information content (AvgIpc) is 3.29. The summed E-state index contributed by atoms with van der Waals surface area (Å²) in [5, 5.41) is 13.9. The number of nitro benzene ring substituents is 1. The van der Waals surface area contributed by atoms with Crippen molar-refractivity contribution in [1.82, 2.24) is 5.32 Å². The van der Waals surface area contributed by atoms with E-state index in [1.54, 1.807) is 12.1 Å². The van der Waals surface area contributed by atoms with E-state index in [4.69, 9.17) is 9.47 Å². The zero-order chi connectivity index (χ0) is 15.2. The summed E-state index contributed by atoms with van der Waals surface area (Å²) in [5.41, 5.74) is -0.0203. The molecule has 114 valence electrons. The summed E-state index contributed by atoms with van der Waals surface area (Å²) in [4.78, 5) is 21.8. The second-order valence-corrected chi connectivity index (χ2v) is 4.91. The molecule has 0 spiro atoms. The molecule has 1 atom stereocenters. The first-order valence-electron chi connectivity index (χ1n) is 6.81. The third-order valence-electron chi connectivity index (χ3n) is 3.20. The molecule has 1 unspecified atom stereocenters. The molecule has 0 saturated heterocycles. The summed E-state index contributed by atoms with van der Waals surface area (Å²) < 4.78 is 10.2. The number of carbonyl (C=O) groups is 1. The van der Waals surface area contributed by atoms with Crippen LogP contribution in [0.3, 0.4) is 0 Å². The van der Waals surface area contributed by atoms with E-state index < -0.39 is 11.0 Å². The second kappa shape index (κ2) is 7.03. The number of rotatable bonds is 8. The van der Waals surface area contributed by atoms with Crippen LogP contribution in [0.4, 0.5) is 5.69 Å². The quantitative estimate of drug-likeness (QED) is 0.445. The Kier molecular flexibility index (Phi) is 5.10. The van der Waals surface area contributed by atoms with Gasteiger partial charge in [-0.05, 0) is 18.9 Å². The molecule has 1 aromatic carbocycles. The fraction of sp³-hybridized carbons (Fsp3) is 0.500. The van der Waals surface area contributed by atoms with E-state index >= 15 is 0 Å². The molecule has 1 fully saturated rings. The molecule has 0 amide bonds. The van der Waals surface area contributed by atoms with Crippen molar-refractivity contribution >= 4 is 11.7 Å². The van der Waals surface area contributed by atoms with Gasteiger partial charge in [-0.15, -0.1) is 0 Å². The molecular weight excluding hydrogens is 276 g/mol. The van der Waals surface area contributed by atoms with Crippen LogP contribution in [0.1, 0.15) is 19.3 Å². The highest BCUT2D eigenvalue weighted by molar-refractivity contribution is 5.75. The average molecular weight is 294 g/mol. The zero-order valence-electron chi connectivity index (χ0n) is 11.8. The predicted molar refractivity (Wildman–Crippen MR) is 75.2 cm³/mol. The Hall–Kier alpha value is -2.15. The summed E-state index contributed by atoms with van der Waals surface area (Å²) in [6, 6.07) is 5.95.